The number of rotatable bonds is 4. The van der Waals surface area contributed by atoms with Crippen molar-refractivity contribution in [1.29, 1.82) is 0 Å². The maximum Gasteiger partial charge on any atom is 0.414 e. The molecule has 0 bridgehead atoms. The van der Waals surface area contributed by atoms with E-state index in [1.54, 1.807) is 12.0 Å². The Bertz CT molecular complexity index is 972. The predicted molar refractivity (Wildman–Crippen MR) is 130 cm³/mol. The highest BCUT2D eigenvalue weighted by Crippen LogP contribution is 2.46. The van der Waals surface area contributed by atoms with Gasteiger partial charge < -0.3 is 13.9 Å². The Hall–Kier alpha value is -2.05. The second-order valence-corrected chi connectivity index (χ2v) is 15.7. The lowest BCUT2D eigenvalue weighted by atomic mass is 9.95. The van der Waals surface area contributed by atoms with Crippen molar-refractivity contribution in [3.05, 3.63) is 35.9 Å². The van der Waals surface area contributed by atoms with E-state index in [1.807, 2.05) is 39.0 Å². The van der Waals surface area contributed by atoms with E-state index in [2.05, 4.69) is 46.0 Å². The van der Waals surface area contributed by atoms with Gasteiger partial charge in [0.15, 0.2) is 8.32 Å². The van der Waals surface area contributed by atoms with Crippen LogP contribution in [0.1, 0.15) is 53.0 Å². The number of hydrogen-bond acceptors (Lipinski definition) is 4. The SMILES string of the molecule is COc1cc2c(c3ccccc13)C(CO[Si](C)(C)C(C)(C)C)CN2C(=O)OC(C)(C)C. The average molecular weight is 444 g/mol. The molecule has 1 amide bonds. The van der Waals surface area contributed by atoms with Crippen molar-refractivity contribution in [2.75, 3.05) is 25.2 Å². The monoisotopic (exact) mass is 443 g/mol. The molecular weight excluding hydrogens is 406 g/mol. The minimum atomic E-state index is -1.93. The van der Waals surface area contributed by atoms with Crippen LogP contribution in [0.5, 0.6) is 5.75 Å². The van der Waals surface area contributed by atoms with Gasteiger partial charge in [-0.25, -0.2) is 4.79 Å². The fourth-order valence-corrected chi connectivity index (χ4v) is 4.78. The van der Waals surface area contributed by atoms with Gasteiger partial charge in [0.05, 0.1) is 12.8 Å². The lowest BCUT2D eigenvalue weighted by Gasteiger charge is -2.37. The molecule has 0 aliphatic carbocycles. The standard InChI is InChI=1S/C25H37NO4Si/c1-24(2,3)30-23(27)26-15-17(16-29-31(8,9)25(4,5)6)22-19-13-11-10-12-18(19)21(28-7)14-20(22)26/h10-14,17H,15-16H2,1-9H3. The molecule has 1 aliphatic heterocycles. The van der Waals surface area contributed by atoms with E-state index < -0.39 is 13.9 Å². The van der Waals surface area contributed by atoms with Crippen molar-refractivity contribution >= 4 is 30.9 Å². The Balaban J connectivity index is 2.06. The van der Waals surface area contributed by atoms with Gasteiger partial charge >= 0.3 is 6.09 Å². The number of nitrogens with zero attached hydrogens (tertiary/aromatic N) is 1. The topological polar surface area (TPSA) is 48.0 Å². The lowest BCUT2D eigenvalue weighted by molar-refractivity contribution is 0.0581. The Labute approximate surface area is 187 Å². The van der Waals surface area contributed by atoms with Gasteiger partial charge in [-0.1, -0.05) is 45.0 Å². The number of amides is 1. The van der Waals surface area contributed by atoms with Gasteiger partial charge in [-0.05, 0) is 49.9 Å². The molecule has 6 heteroatoms. The predicted octanol–water partition coefficient (Wildman–Crippen LogP) is 6.71. The summed E-state index contributed by atoms with van der Waals surface area (Å²) >= 11 is 0. The maximum atomic E-state index is 13.1. The number of ether oxygens (including phenoxy) is 2. The van der Waals surface area contributed by atoms with E-state index in [1.165, 1.54) is 0 Å². The van der Waals surface area contributed by atoms with Crippen molar-refractivity contribution in [3.8, 4) is 5.75 Å². The van der Waals surface area contributed by atoms with E-state index >= 15 is 0 Å². The Kier molecular flexibility index (Phi) is 6.19. The number of benzene rings is 2. The number of methoxy groups -OCH3 is 1. The van der Waals surface area contributed by atoms with Crippen LogP contribution >= 0.6 is 0 Å². The van der Waals surface area contributed by atoms with Crippen LogP contribution in [0.2, 0.25) is 18.1 Å². The zero-order valence-electron chi connectivity index (χ0n) is 20.5. The molecular formula is C25H37NO4Si. The molecule has 5 nitrogen and oxygen atoms in total. The van der Waals surface area contributed by atoms with Crippen LogP contribution in [0, 0.1) is 0 Å². The number of carbonyl (C=O) groups is 1. The maximum absolute atomic E-state index is 13.1. The fourth-order valence-electron chi connectivity index (χ4n) is 3.73. The van der Waals surface area contributed by atoms with E-state index in [9.17, 15) is 4.79 Å². The highest BCUT2D eigenvalue weighted by Gasteiger charge is 2.41. The van der Waals surface area contributed by atoms with Gasteiger partial charge in [0.2, 0.25) is 0 Å². The average Bonchev–Trinajstić information content (AvgIpc) is 3.02. The van der Waals surface area contributed by atoms with Crippen molar-refractivity contribution in [1.82, 2.24) is 0 Å². The molecule has 0 radical (unpaired) electrons. The van der Waals surface area contributed by atoms with Crippen molar-refractivity contribution < 1.29 is 18.7 Å². The van der Waals surface area contributed by atoms with Gasteiger partial charge in [-0.2, -0.15) is 0 Å². The minimum absolute atomic E-state index is 0.0763. The molecule has 2 aromatic carbocycles. The molecule has 31 heavy (non-hydrogen) atoms. The Morgan fingerprint density at radius 1 is 1.10 bits per heavy atom. The molecule has 1 heterocycles. The largest absolute Gasteiger partial charge is 0.496 e. The molecule has 0 fully saturated rings. The molecule has 1 unspecified atom stereocenters. The molecule has 170 valence electrons. The van der Waals surface area contributed by atoms with Gasteiger partial charge in [0.25, 0.3) is 0 Å². The number of hydrogen-bond donors (Lipinski definition) is 0. The van der Waals surface area contributed by atoms with E-state index in [4.69, 9.17) is 13.9 Å². The summed E-state index contributed by atoms with van der Waals surface area (Å²) in [7, 11) is -0.260. The number of carbonyl (C=O) groups excluding carboxylic acids is 1. The summed E-state index contributed by atoms with van der Waals surface area (Å²) in [5.41, 5.74) is 1.43. The summed E-state index contributed by atoms with van der Waals surface area (Å²) in [6.45, 7) is 18.1. The van der Waals surface area contributed by atoms with Crippen LogP contribution in [0.15, 0.2) is 30.3 Å². The molecule has 3 rings (SSSR count). The van der Waals surface area contributed by atoms with E-state index in [-0.39, 0.29) is 17.0 Å². The van der Waals surface area contributed by atoms with Crippen LogP contribution < -0.4 is 9.64 Å². The van der Waals surface area contributed by atoms with Crippen LogP contribution in [-0.4, -0.2) is 40.3 Å². The van der Waals surface area contributed by atoms with Crippen molar-refractivity contribution in [2.24, 2.45) is 0 Å². The molecule has 1 atom stereocenters. The quantitative estimate of drug-likeness (QED) is 0.493. The van der Waals surface area contributed by atoms with Gasteiger partial charge in [0.1, 0.15) is 11.4 Å². The first-order valence-corrected chi connectivity index (χ1v) is 13.9. The normalized spacial score (nSPS) is 17.1. The van der Waals surface area contributed by atoms with Crippen LogP contribution in [-0.2, 0) is 9.16 Å². The molecule has 0 spiro atoms. The molecule has 0 saturated carbocycles. The zero-order valence-corrected chi connectivity index (χ0v) is 21.5. The minimum Gasteiger partial charge on any atom is -0.496 e. The van der Waals surface area contributed by atoms with Crippen LogP contribution in [0.3, 0.4) is 0 Å². The zero-order chi connectivity index (χ0) is 23.2. The lowest BCUT2D eigenvalue weighted by Crippen LogP contribution is -2.42. The van der Waals surface area contributed by atoms with Gasteiger partial charge in [-0.15, -0.1) is 0 Å². The molecule has 2 aromatic rings. The van der Waals surface area contributed by atoms with Gasteiger partial charge in [-0.3, -0.25) is 4.90 Å². The highest BCUT2D eigenvalue weighted by molar-refractivity contribution is 6.74. The summed E-state index contributed by atoms with van der Waals surface area (Å²) < 4.78 is 18.0. The molecule has 0 aromatic heterocycles. The van der Waals surface area contributed by atoms with E-state index in [0.29, 0.717) is 13.2 Å². The summed E-state index contributed by atoms with van der Waals surface area (Å²) in [6.07, 6.45) is -0.332. The van der Waals surface area contributed by atoms with Crippen LogP contribution in [0.4, 0.5) is 10.5 Å². The van der Waals surface area contributed by atoms with E-state index in [0.717, 1.165) is 27.8 Å². The molecule has 0 N–H and O–H groups in total. The third kappa shape index (κ3) is 4.75. The Morgan fingerprint density at radius 3 is 2.26 bits per heavy atom. The molecule has 1 aliphatic rings. The highest BCUT2D eigenvalue weighted by atomic mass is 28.4. The summed E-state index contributed by atoms with van der Waals surface area (Å²) in [5, 5.41) is 2.28. The second kappa shape index (κ2) is 8.13. The Morgan fingerprint density at radius 2 is 1.71 bits per heavy atom. The third-order valence-electron chi connectivity index (χ3n) is 6.41. The summed E-state index contributed by atoms with van der Waals surface area (Å²) in [5.74, 6) is 0.835. The first-order chi connectivity index (χ1) is 14.2. The number of fused-ring (bicyclic) bond motifs is 3. The first kappa shape index (κ1) is 23.6. The van der Waals surface area contributed by atoms with Crippen LogP contribution in [0.25, 0.3) is 10.8 Å². The summed E-state index contributed by atoms with van der Waals surface area (Å²) in [6, 6.07) is 10.2. The smallest absolute Gasteiger partial charge is 0.414 e. The number of anilines is 1. The van der Waals surface area contributed by atoms with Crippen molar-refractivity contribution in [2.45, 2.75) is 71.2 Å². The van der Waals surface area contributed by atoms with Crippen molar-refractivity contribution in [3.63, 3.8) is 0 Å². The summed E-state index contributed by atoms with van der Waals surface area (Å²) in [4.78, 5) is 14.8. The fraction of sp³-hybridized carbons (Fsp3) is 0.560. The molecule has 0 saturated heterocycles. The van der Waals surface area contributed by atoms with Gasteiger partial charge in [0, 0.05) is 30.5 Å². The first-order valence-electron chi connectivity index (χ1n) is 11.0. The third-order valence-corrected chi connectivity index (χ3v) is 10.9. The second-order valence-electron chi connectivity index (χ2n) is 10.9.